The molecule has 0 spiro atoms. The molecule has 2 aliphatic carbocycles. The second-order valence-electron chi connectivity index (χ2n) is 10.9. The Labute approximate surface area is 201 Å². The molecule has 1 aliphatic heterocycles. The average Bonchev–Trinajstić information content (AvgIpc) is 3.31. The van der Waals surface area contributed by atoms with Crippen molar-refractivity contribution in [3.05, 3.63) is 59.2 Å². The van der Waals surface area contributed by atoms with E-state index in [1.807, 2.05) is 12.1 Å². The van der Waals surface area contributed by atoms with Crippen LogP contribution in [0.4, 0.5) is 0 Å². The van der Waals surface area contributed by atoms with Gasteiger partial charge in [-0.05, 0) is 88.9 Å². The van der Waals surface area contributed by atoms with Crippen molar-refractivity contribution in [3.63, 3.8) is 0 Å². The summed E-state index contributed by atoms with van der Waals surface area (Å²) in [6.45, 7) is 6.02. The van der Waals surface area contributed by atoms with Crippen molar-refractivity contribution in [3.8, 4) is 0 Å². The van der Waals surface area contributed by atoms with Crippen molar-refractivity contribution in [2.24, 2.45) is 17.8 Å². The third-order valence-corrected chi connectivity index (χ3v) is 8.20. The molecular formula is C30H45NO2. The molecule has 2 fully saturated rings. The van der Waals surface area contributed by atoms with Gasteiger partial charge in [-0.25, -0.2) is 0 Å². The number of likely N-dealkylation sites (tertiary alicyclic amines) is 1. The first-order valence-electron chi connectivity index (χ1n) is 13.6. The molecule has 0 bridgehead atoms. The van der Waals surface area contributed by atoms with Gasteiger partial charge in [0, 0.05) is 12.3 Å². The summed E-state index contributed by atoms with van der Waals surface area (Å²) in [5, 5.41) is 21.2. The highest BCUT2D eigenvalue weighted by atomic mass is 16.3. The SMILES string of the molecule is Cc1cccc(C[C@@H](O)C=C[C@@H]2[C@H]3CC(CCCCCCN4CCCCC4)=C[C@H]3C[C@H]2O)c1. The van der Waals surface area contributed by atoms with E-state index in [-0.39, 0.29) is 12.0 Å². The lowest BCUT2D eigenvalue weighted by molar-refractivity contribution is 0.140. The minimum absolute atomic E-state index is 0.181. The molecule has 5 atom stereocenters. The number of hydrogen-bond acceptors (Lipinski definition) is 3. The summed E-state index contributed by atoms with van der Waals surface area (Å²) in [6, 6.07) is 8.34. The molecule has 0 unspecified atom stereocenters. The zero-order chi connectivity index (χ0) is 23.0. The highest BCUT2D eigenvalue weighted by Crippen LogP contribution is 2.48. The highest BCUT2D eigenvalue weighted by molar-refractivity contribution is 5.24. The van der Waals surface area contributed by atoms with Crippen molar-refractivity contribution in [2.45, 2.75) is 89.8 Å². The topological polar surface area (TPSA) is 43.7 Å². The number of fused-ring (bicyclic) bond motifs is 1. The van der Waals surface area contributed by atoms with E-state index >= 15 is 0 Å². The fourth-order valence-electron chi connectivity index (χ4n) is 6.42. The minimum atomic E-state index is -0.489. The summed E-state index contributed by atoms with van der Waals surface area (Å²) in [5.74, 6) is 1.23. The molecule has 0 amide bonds. The Morgan fingerprint density at radius 2 is 1.91 bits per heavy atom. The Balaban J connectivity index is 1.16. The first-order valence-corrected chi connectivity index (χ1v) is 13.6. The number of benzene rings is 1. The second kappa shape index (κ2) is 12.3. The zero-order valence-corrected chi connectivity index (χ0v) is 20.7. The van der Waals surface area contributed by atoms with Crippen molar-refractivity contribution >= 4 is 0 Å². The lowest BCUT2D eigenvalue weighted by atomic mass is 9.88. The van der Waals surface area contributed by atoms with E-state index in [1.165, 1.54) is 76.6 Å². The maximum absolute atomic E-state index is 10.6. The summed E-state index contributed by atoms with van der Waals surface area (Å²) in [6.07, 6.45) is 19.3. The van der Waals surface area contributed by atoms with E-state index in [0.717, 1.165) is 18.4 Å². The van der Waals surface area contributed by atoms with Gasteiger partial charge in [0.05, 0.1) is 12.2 Å². The molecule has 182 valence electrons. The van der Waals surface area contributed by atoms with Crippen molar-refractivity contribution < 1.29 is 10.2 Å². The van der Waals surface area contributed by atoms with Crippen molar-refractivity contribution in [1.82, 2.24) is 4.90 Å². The number of aliphatic hydroxyl groups excluding tert-OH is 2. The minimum Gasteiger partial charge on any atom is -0.392 e. The van der Waals surface area contributed by atoms with Crippen molar-refractivity contribution in [2.75, 3.05) is 19.6 Å². The Hall–Kier alpha value is -1.42. The molecular weight excluding hydrogens is 406 g/mol. The molecule has 1 aromatic carbocycles. The standard InChI is InChI=1S/C30H45NO2/c1-23-10-9-12-24(18-23)20-27(32)13-14-28-29-21-25(19-26(29)22-30(28)33)11-5-2-3-6-15-31-16-7-4-8-17-31/h9-10,12-14,18-19,26-30,32-33H,2-8,11,15-17,20-22H2,1H3/t26-,27-,28+,29-,30+/m0/s1. The Morgan fingerprint density at radius 1 is 1.09 bits per heavy atom. The number of unbranched alkanes of at least 4 members (excludes halogenated alkanes) is 3. The van der Waals surface area contributed by atoms with E-state index in [2.05, 4.69) is 42.2 Å². The molecule has 1 aromatic rings. The Kier molecular flexibility index (Phi) is 9.23. The summed E-state index contributed by atoms with van der Waals surface area (Å²) in [4.78, 5) is 2.65. The predicted molar refractivity (Wildman–Crippen MR) is 137 cm³/mol. The molecule has 4 rings (SSSR count). The van der Waals surface area contributed by atoms with Crippen LogP contribution in [0.15, 0.2) is 48.1 Å². The van der Waals surface area contributed by atoms with Gasteiger partial charge < -0.3 is 15.1 Å². The number of hydrogen-bond donors (Lipinski definition) is 2. The number of allylic oxidation sites excluding steroid dienone is 2. The van der Waals surface area contributed by atoms with Gasteiger partial charge in [-0.1, -0.05) is 72.9 Å². The maximum atomic E-state index is 10.6. The normalized spacial score (nSPS) is 28.9. The van der Waals surface area contributed by atoms with E-state index in [1.54, 1.807) is 5.57 Å². The molecule has 1 saturated heterocycles. The van der Waals surface area contributed by atoms with Crippen LogP contribution in [0.5, 0.6) is 0 Å². The van der Waals surface area contributed by atoms with Gasteiger partial charge in [-0.15, -0.1) is 0 Å². The summed E-state index contributed by atoms with van der Waals surface area (Å²) >= 11 is 0. The van der Waals surface area contributed by atoms with Crippen LogP contribution in [0.2, 0.25) is 0 Å². The third-order valence-electron chi connectivity index (χ3n) is 8.20. The van der Waals surface area contributed by atoms with Gasteiger partial charge in [0.2, 0.25) is 0 Å². The van der Waals surface area contributed by atoms with Gasteiger partial charge in [0.15, 0.2) is 0 Å². The van der Waals surface area contributed by atoms with Crippen LogP contribution in [0.1, 0.15) is 75.3 Å². The first-order chi connectivity index (χ1) is 16.1. The molecule has 0 aromatic heterocycles. The fraction of sp³-hybridized carbons (Fsp3) is 0.667. The smallest absolute Gasteiger partial charge is 0.0761 e. The van der Waals surface area contributed by atoms with E-state index in [9.17, 15) is 10.2 Å². The fourth-order valence-corrected chi connectivity index (χ4v) is 6.42. The van der Waals surface area contributed by atoms with E-state index < -0.39 is 6.10 Å². The molecule has 3 nitrogen and oxygen atoms in total. The van der Waals surface area contributed by atoms with Crippen LogP contribution in [-0.2, 0) is 6.42 Å². The summed E-state index contributed by atoms with van der Waals surface area (Å²) < 4.78 is 0. The molecule has 1 saturated carbocycles. The lowest BCUT2D eigenvalue weighted by Gasteiger charge is -2.26. The lowest BCUT2D eigenvalue weighted by Crippen LogP contribution is -2.30. The molecule has 0 radical (unpaired) electrons. The van der Waals surface area contributed by atoms with E-state index in [4.69, 9.17) is 0 Å². The van der Waals surface area contributed by atoms with Gasteiger partial charge in [-0.3, -0.25) is 0 Å². The van der Waals surface area contributed by atoms with Crippen LogP contribution >= 0.6 is 0 Å². The second-order valence-corrected chi connectivity index (χ2v) is 10.9. The number of nitrogens with zero attached hydrogens (tertiary/aromatic N) is 1. The van der Waals surface area contributed by atoms with E-state index in [0.29, 0.717) is 18.3 Å². The Morgan fingerprint density at radius 3 is 2.73 bits per heavy atom. The quantitative estimate of drug-likeness (QED) is 0.328. The largest absolute Gasteiger partial charge is 0.392 e. The average molecular weight is 452 g/mol. The van der Waals surface area contributed by atoms with Crippen LogP contribution in [-0.4, -0.2) is 47.0 Å². The number of aliphatic hydroxyl groups is 2. The Bertz CT molecular complexity index is 794. The number of aryl methyl sites for hydroxylation is 1. The van der Waals surface area contributed by atoms with Gasteiger partial charge >= 0.3 is 0 Å². The molecule has 3 heteroatoms. The van der Waals surface area contributed by atoms with Gasteiger partial charge in [0.1, 0.15) is 0 Å². The molecule has 1 heterocycles. The van der Waals surface area contributed by atoms with Crippen LogP contribution in [0, 0.1) is 24.7 Å². The number of rotatable bonds is 11. The van der Waals surface area contributed by atoms with Gasteiger partial charge in [0.25, 0.3) is 0 Å². The summed E-state index contributed by atoms with van der Waals surface area (Å²) in [5.41, 5.74) is 4.01. The van der Waals surface area contributed by atoms with Crippen LogP contribution in [0.25, 0.3) is 0 Å². The van der Waals surface area contributed by atoms with Crippen LogP contribution < -0.4 is 0 Å². The third kappa shape index (κ3) is 7.28. The summed E-state index contributed by atoms with van der Waals surface area (Å²) in [7, 11) is 0. The maximum Gasteiger partial charge on any atom is 0.0761 e. The molecule has 2 N–H and O–H groups in total. The predicted octanol–water partition coefficient (Wildman–Crippen LogP) is 5.83. The molecule has 3 aliphatic rings. The molecule has 33 heavy (non-hydrogen) atoms. The van der Waals surface area contributed by atoms with Crippen LogP contribution in [0.3, 0.4) is 0 Å². The highest BCUT2D eigenvalue weighted by Gasteiger charge is 2.43. The number of piperidine rings is 1. The monoisotopic (exact) mass is 451 g/mol. The zero-order valence-electron chi connectivity index (χ0n) is 20.7. The first kappa shape index (κ1) is 24.7. The van der Waals surface area contributed by atoms with Crippen molar-refractivity contribution in [1.29, 1.82) is 0 Å². The van der Waals surface area contributed by atoms with Gasteiger partial charge in [-0.2, -0.15) is 0 Å².